The van der Waals surface area contributed by atoms with Crippen LogP contribution in [0.5, 0.6) is 5.75 Å². The molecule has 1 saturated heterocycles. The van der Waals surface area contributed by atoms with Gasteiger partial charge in [-0.1, -0.05) is 0 Å². The summed E-state index contributed by atoms with van der Waals surface area (Å²) in [5, 5.41) is 2.92. The SMILES string of the molecule is CCOc1ccc(C(=O)NCCN2CCN(C(=O)OC)CC2)cc1. The Morgan fingerprint density at radius 2 is 1.79 bits per heavy atom. The molecule has 1 aromatic rings. The van der Waals surface area contributed by atoms with E-state index in [9.17, 15) is 9.59 Å². The third-order valence-electron chi connectivity index (χ3n) is 3.95. The van der Waals surface area contributed by atoms with Gasteiger partial charge in [0, 0.05) is 44.8 Å². The summed E-state index contributed by atoms with van der Waals surface area (Å²) in [6.45, 7) is 6.74. The molecule has 2 amide bonds. The minimum absolute atomic E-state index is 0.0914. The number of methoxy groups -OCH3 is 1. The number of nitrogens with one attached hydrogen (secondary N) is 1. The van der Waals surface area contributed by atoms with Gasteiger partial charge < -0.3 is 19.7 Å². The van der Waals surface area contributed by atoms with Gasteiger partial charge in [-0.25, -0.2) is 4.79 Å². The molecule has 132 valence electrons. The van der Waals surface area contributed by atoms with Gasteiger partial charge in [0.15, 0.2) is 0 Å². The van der Waals surface area contributed by atoms with E-state index in [0.29, 0.717) is 31.8 Å². The molecule has 1 aromatic carbocycles. The van der Waals surface area contributed by atoms with Gasteiger partial charge in [-0.05, 0) is 31.2 Å². The number of benzene rings is 1. The number of hydrogen-bond donors (Lipinski definition) is 1. The Hall–Kier alpha value is -2.28. The molecule has 0 aromatic heterocycles. The first-order valence-electron chi connectivity index (χ1n) is 8.20. The highest BCUT2D eigenvalue weighted by Crippen LogP contribution is 2.11. The number of hydrogen-bond acceptors (Lipinski definition) is 5. The third-order valence-corrected chi connectivity index (χ3v) is 3.95. The van der Waals surface area contributed by atoms with Gasteiger partial charge in [0.25, 0.3) is 5.91 Å². The largest absolute Gasteiger partial charge is 0.494 e. The molecule has 1 heterocycles. The van der Waals surface area contributed by atoms with Crippen molar-refractivity contribution in [2.24, 2.45) is 0 Å². The maximum Gasteiger partial charge on any atom is 0.409 e. The lowest BCUT2D eigenvalue weighted by molar-refractivity contribution is 0.0885. The number of carbonyl (C=O) groups is 2. The standard InChI is InChI=1S/C17H25N3O4/c1-3-24-15-6-4-14(5-7-15)16(21)18-8-9-19-10-12-20(13-11-19)17(22)23-2/h4-7H,3,8-13H2,1-2H3,(H,18,21). The van der Waals surface area contributed by atoms with Crippen LogP contribution in [0.15, 0.2) is 24.3 Å². The van der Waals surface area contributed by atoms with Crippen LogP contribution in [-0.2, 0) is 4.74 Å². The molecular formula is C17H25N3O4. The van der Waals surface area contributed by atoms with Crippen molar-refractivity contribution < 1.29 is 19.1 Å². The third kappa shape index (κ3) is 5.13. The summed E-state index contributed by atoms with van der Waals surface area (Å²) in [5.41, 5.74) is 0.619. The van der Waals surface area contributed by atoms with Crippen molar-refractivity contribution in [2.75, 3.05) is 53.0 Å². The van der Waals surface area contributed by atoms with E-state index in [1.807, 2.05) is 6.92 Å². The highest BCUT2D eigenvalue weighted by atomic mass is 16.5. The fraction of sp³-hybridized carbons (Fsp3) is 0.529. The van der Waals surface area contributed by atoms with E-state index in [-0.39, 0.29) is 12.0 Å². The monoisotopic (exact) mass is 335 g/mol. The van der Waals surface area contributed by atoms with E-state index in [1.54, 1.807) is 29.2 Å². The molecule has 0 atom stereocenters. The molecule has 1 aliphatic rings. The lowest BCUT2D eigenvalue weighted by Gasteiger charge is -2.33. The van der Waals surface area contributed by atoms with Gasteiger partial charge in [0.2, 0.25) is 0 Å². The van der Waals surface area contributed by atoms with E-state index < -0.39 is 0 Å². The highest BCUT2D eigenvalue weighted by Gasteiger charge is 2.21. The van der Waals surface area contributed by atoms with E-state index in [4.69, 9.17) is 9.47 Å². The van der Waals surface area contributed by atoms with Crippen LogP contribution >= 0.6 is 0 Å². The van der Waals surface area contributed by atoms with E-state index in [0.717, 1.165) is 25.4 Å². The van der Waals surface area contributed by atoms with Gasteiger partial charge in [0.05, 0.1) is 13.7 Å². The lowest BCUT2D eigenvalue weighted by Crippen LogP contribution is -2.50. The first-order valence-corrected chi connectivity index (χ1v) is 8.20. The molecule has 2 rings (SSSR count). The normalized spacial score (nSPS) is 15.0. The van der Waals surface area contributed by atoms with Crippen molar-refractivity contribution in [3.8, 4) is 5.75 Å². The molecule has 7 heteroatoms. The predicted octanol–water partition coefficient (Wildman–Crippen LogP) is 1.20. The number of amides is 2. The average Bonchev–Trinajstić information content (AvgIpc) is 2.62. The Balaban J connectivity index is 1.68. The fourth-order valence-electron chi connectivity index (χ4n) is 2.58. The van der Waals surface area contributed by atoms with Crippen molar-refractivity contribution in [3.05, 3.63) is 29.8 Å². The van der Waals surface area contributed by atoms with Crippen LogP contribution in [0.4, 0.5) is 4.79 Å². The van der Waals surface area contributed by atoms with Crippen LogP contribution in [-0.4, -0.2) is 74.8 Å². The van der Waals surface area contributed by atoms with Gasteiger partial charge in [-0.3, -0.25) is 9.69 Å². The maximum absolute atomic E-state index is 12.1. The summed E-state index contributed by atoms with van der Waals surface area (Å²) in [4.78, 5) is 27.4. The summed E-state index contributed by atoms with van der Waals surface area (Å²) in [6, 6.07) is 7.11. The first kappa shape index (κ1) is 18.1. The van der Waals surface area contributed by atoms with Crippen molar-refractivity contribution >= 4 is 12.0 Å². The molecule has 7 nitrogen and oxygen atoms in total. The van der Waals surface area contributed by atoms with Crippen LogP contribution < -0.4 is 10.1 Å². The molecule has 0 aliphatic carbocycles. The number of rotatable bonds is 6. The Labute approximate surface area is 142 Å². The number of piperazine rings is 1. The Kier molecular flexibility index (Phi) is 6.87. The molecule has 0 unspecified atom stereocenters. The Morgan fingerprint density at radius 1 is 1.12 bits per heavy atom. The summed E-state index contributed by atoms with van der Waals surface area (Å²) in [6.07, 6.45) is -0.279. The van der Waals surface area contributed by atoms with Crippen molar-refractivity contribution in [1.29, 1.82) is 0 Å². The Bertz CT molecular complexity index is 539. The second kappa shape index (κ2) is 9.12. The Morgan fingerprint density at radius 3 is 2.38 bits per heavy atom. The molecule has 24 heavy (non-hydrogen) atoms. The molecule has 0 saturated carbocycles. The zero-order chi connectivity index (χ0) is 17.4. The van der Waals surface area contributed by atoms with Crippen LogP contribution in [0.25, 0.3) is 0 Å². The summed E-state index contributed by atoms with van der Waals surface area (Å²) >= 11 is 0. The van der Waals surface area contributed by atoms with Gasteiger partial charge in [-0.2, -0.15) is 0 Å². The van der Waals surface area contributed by atoms with Crippen molar-refractivity contribution in [1.82, 2.24) is 15.1 Å². The van der Waals surface area contributed by atoms with Gasteiger partial charge in [-0.15, -0.1) is 0 Å². The summed E-state index contributed by atoms with van der Waals surface area (Å²) in [5.74, 6) is 0.670. The van der Waals surface area contributed by atoms with Crippen LogP contribution in [0.3, 0.4) is 0 Å². The maximum atomic E-state index is 12.1. The second-order valence-corrected chi connectivity index (χ2v) is 5.51. The van der Waals surface area contributed by atoms with Gasteiger partial charge >= 0.3 is 6.09 Å². The minimum Gasteiger partial charge on any atom is -0.494 e. The van der Waals surface area contributed by atoms with Crippen molar-refractivity contribution in [2.45, 2.75) is 6.92 Å². The summed E-state index contributed by atoms with van der Waals surface area (Å²) < 4.78 is 10.1. The smallest absolute Gasteiger partial charge is 0.409 e. The van der Waals surface area contributed by atoms with E-state index in [1.165, 1.54) is 7.11 Å². The number of ether oxygens (including phenoxy) is 2. The molecule has 0 radical (unpaired) electrons. The van der Waals surface area contributed by atoms with Crippen LogP contribution in [0.2, 0.25) is 0 Å². The fourth-order valence-corrected chi connectivity index (χ4v) is 2.58. The topological polar surface area (TPSA) is 71.1 Å². The number of nitrogens with zero attached hydrogens (tertiary/aromatic N) is 2. The second-order valence-electron chi connectivity index (χ2n) is 5.51. The molecule has 0 spiro atoms. The predicted molar refractivity (Wildman–Crippen MR) is 90.4 cm³/mol. The molecule has 1 fully saturated rings. The molecule has 1 N–H and O–H groups in total. The zero-order valence-electron chi connectivity index (χ0n) is 14.3. The quantitative estimate of drug-likeness (QED) is 0.846. The molecule has 0 bridgehead atoms. The summed E-state index contributed by atoms with van der Waals surface area (Å²) in [7, 11) is 1.39. The highest BCUT2D eigenvalue weighted by molar-refractivity contribution is 5.94. The van der Waals surface area contributed by atoms with E-state index >= 15 is 0 Å². The van der Waals surface area contributed by atoms with Gasteiger partial charge in [0.1, 0.15) is 5.75 Å². The molecular weight excluding hydrogens is 310 g/mol. The zero-order valence-corrected chi connectivity index (χ0v) is 14.3. The van der Waals surface area contributed by atoms with Crippen LogP contribution in [0, 0.1) is 0 Å². The minimum atomic E-state index is -0.279. The molecule has 1 aliphatic heterocycles. The number of carbonyl (C=O) groups excluding carboxylic acids is 2. The van der Waals surface area contributed by atoms with Crippen LogP contribution in [0.1, 0.15) is 17.3 Å². The van der Waals surface area contributed by atoms with E-state index in [2.05, 4.69) is 10.2 Å². The first-order chi connectivity index (χ1) is 11.6. The van der Waals surface area contributed by atoms with Crippen molar-refractivity contribution in [3.63, 3.8) is 0 Å². The lowest BCUT2D eigenvalue weighted by atomic mass is 10.2. The average molecular weight is 335 g/mol.